The van der Waals surface area contributed by atoms with Crippen molar-refractivity contribution in [1.82, 2.24) is 15.1 Å². The van der Waals surface area contributed by atoms with Crippen molar-refractivity contribution < 1.29 is 4.79 Å². The van der Waals surface area contributed by atoms with Gasteiger partial charge in [-0.05, 0) is 26.2 Å². The highest BCUT2D eigenvalue weighted by molar-refractivity contribution is 9.09. The maximum Gasteiger partial charge on any atom is 0.257 e. The van der Waals surface area contributed by atoms with Crippen LogP contribution >= 0.6 is 15.9 Å². The summed E-state index contributed by atoms with van der Waals surface area (Å²) in [6.45, 7) is 2.65. The smallest absolute Gasteiger partial charge is 0.257 e. The fourth-order valence-corrected chi connectivity index (χ4v) is 2.34. The third-order valence-electron chi connectivity index (χ3n) is 3.16. The minimum Gasteiger partial charge on any atom is -0.335 e. The van der Waals surface area contributed by atoms with Crippen molar-refractivity contribution in [2.24, 2.45) is 0 Å². The van der Waals surface area contributed by atoms with E-state index < -0.39 is 0 Å². The Bertz CT molecular complexity index is 373. The molecule has 1 amide bonds. The number of alkyl halides is 1. The van der Waals surface area contributed by atoms with Crippen molar-refractivity contribution in [3.05, 3.63) is 17.5 Å². The molecule has 1 heterocycles. The number of carbonyl (C=O) groups excluding carboxylic acids is 1. The highest BCUT2D eigenvalue weighted by Gasteiger charge is 2.29. The zero-order valence-corrected chi connectivity index (χ0v) is 11.0. The lowest BCUT2D eigenvalue weighted by molar-refractivity contribution is 0.0599. The molecule has 1 aromatic heterocycles. The van der Waals surface area contributed by atoms with E-state index in [-0.39, 0.29) is 5.91 Å². The molecule has 0 bridgehead atoms. The second-order valence-corrected chi connectivity index (χ2v) is 4.97. The van der Waals surface area contributed by atoms with Gasteiger partial charge in [-0.15, -0.1) is 0 Å². The topological polar surface area (TPSA) is 49.0 Å². The molecule has 5 heteroatoms. The predicted octanol–water partition coefficient (Wildman–Crippen LogP) is 2.11. The Hall–Kier alpha value is -0.840. The molecule has 1 N–H and O–H groups in total. The van der Waals surface area contributed by atoms with Gasteiger partial charge in [-0.2, -0.15) is 5.10 Å². The van der Waals surface area contributed by atoms with E-state index in [1.807, 2.05) is 11.8 Å². The Morgan fingerprint density at radius 3 is 2.88 bits per heavy atom. The molecular formula is C11H16BrN3O. The number of hydrogen-bond donors (Lipinski definition) is 1. The summed E-state index contributed by atoms with van der Waals surface area (Å²) in [6, 6.07) is 0.430. The van der Waals surface area contributed by atoms with Crippen LogP contribution in [0.4, 0.5) is 0 Å². The Kier molecular flexibility index (Phi) is 3.63. The fourth-order valence-electron chi connectivity index (χ4n) is 1.96. The minimum absolute atomic E-state index is 0.107. The normalized spacial score (nSPS) is 15.9. The average Bonchev–Trinajstić information content (AvgIpc) is 2.60. The van der Waals surface area contributed by atoms with E-state index in [1.54, 1.807) is 6.20 Å². The Morgan fingerprint density at radius 2 is 2.44 bits per heavy atom. The maximum absolute atomic E-state index is 12.3. The molecule has 1 saturated carbocycles. The summed E-state index contributed by atoms with van der Waals surface area (Å²) in [5.41, 5.74) is 1.55. The van der Waals surface area contributed by atoms with Crippen LogP contribution in [-0.2, 0) is 0 Å². The van der Waals surface area contributed by atoms with E-state index in [0.29, 0.717) is 11.6 Å². The second-order valence-electron chi connectivity index (χ2n) is 4.18. The molecule has 0 aliphatic heterocycles. The van der Waals surface area contributed by atoms with Crippen molar-refractivity contribution in [3.8, 4) is 0 Å². The van der Waals surface area contributed by atoms with E-state index in [9.17, 15) is 4.79 Å². The zero-order valence-electron chi connectivity index (χ0n) is 9.37. The molecule has 1 aliphatic carbocycles. The third-order valence-corrected chi connectivity index (χ3v) is 3.52. The molecule has 0 saturated heterocycles. The first-order valence-corrected chi connectivity index (χ1v) is 6.73. The van der Waals surface area contributed by atoms with E-state index in [4.69, 9.17) is 0 Å². The number of rotatable bonds is 4. The Morgan fingerprint density at radius 1 is 1.69 bits per heavy atom. The van der Waals surface area contributed by atoms with Gasteiger partial charge in [0.2, 0.25) is 0 Å². The van der Waals surface area contributed by atoms with Crippen molar-refractivity contribution in [3.63, 3.8) is 0 Å². The average molecular weight is 286 g/mol. The summed E-state index contributed by atoms with van der Waals surface area (Å²) in [5.74, 6) is 0.107. The lowest BCUT2D eigenvalue weighted by atomic mass is 9.91. The molecule has 4 nitrogen and oxygen atoms in total. The molecule has 0 spiro atoms. The quantitative estimate of drug-likeness (QED) is 0.862. The molecule has 88 valence electrons. The van der Waals surface area contributed by atoms with Crippen LogP contribution in [0.25, 0.3) is 0 Å². The summed E-state index contributed by atoms with van der Waals surface area (Å²) in [7, 11) is 0. The van der Waals surface area contributed by atoms with Crippen molar-refractivity contribution in [1.29, 1.82) is 0 Å². The van der Waals surface area contributed by atoms with Gasteiger partial charge in [0.15, 0.2) is 0 Å². The number of aromatic nitrogens is 2. The van der Waals surface area contributed by atoms with Gasteiger partial charge >= 0.3 is 0 Å². The van der Waals surface area contributed by atoms with Gasteiger partial charge in [0.1, 0.15) is 0 Å². The summed E-state index contributed by atoms with van der Waals surface area (Å²) >= 11 is 3.40. The van der Waals surface area contributed by atoms with Gasteiger partial charge in [-0.3, -0.25) is 9.89 Å². The van der Waals surface area contributed by atoms with Crippen LogP contribution in [0.5, 0.6) is 0 Å². The zero-order chi connectivity index (χ0) is 11.5. The standard InChI is InChI=1S/C11H16BrN3O/c1-8-10(7-13-14-8)11(16)15(6-5-12)9-3-2-4-9/h7,9H,2-6H2,1H3,(H,13,14). The van der Waals surface area contributed by atoms with Gasteiger partial charge in [-0.25, -0.2) is 0 Å². The van der Waals surface area contributed by atoms with E-state index in [2.05, 4.69) is 26.1 Å². The lowest BCUT2D eigenvalue weighted by Crippen LogP contribution is -2.45. The number of nitrogens with zero attached hydrogens (tertiary/aromatic N) is 2. The molecule has 0 radical (unpaired) electrons. The predicted molar refractivity (Wildman–Crippen MR) is 65.8 cm³/mol. The highest BCUT2D eigenvalue weighted by atomic mass is 79.9. The molecular weight excluding hydrogens is 270 g/mol. The molecule has 1 aromatic rings. The number of carbonyl (C=O) groups is 1. The summed E-state index contributed by atoms with van der Waals surface area (Å²) in [4.78, 5) is 14.3. The number of hydrogen-bond acceptors (Lipinski definition) is 2. The Labute approximate surface area is 104 Å². The number of aromatic amines is 1. The summed E-state index contributed by atoms with van der Waals surface area (Å²) in [5, 5.41) is 7.54. The summed E-state index contributed by atoms with van der Waals surface area (Å²) < 4.78 is 0. The summed E-state index contributed by atoms with van der Waals surface area (Å²) in [6.07, 6.45) is 5.13. The van der Waals surface area contributed by atoms with Crippen LogP contribution in [0, 0.1) is 6.92 Å². The van der Waals surface area contributed by atoms with Crippen LogP contribution < -0.4 is 0 Å². The molecule has 1 fully saturated rings. The third kappa shape index (κ3) is 2.14. The molecule has 0 unspecified atom stereocenters. The van der Waals surface area contributed by atoms with Crippen molar-refractivity contribution in [2.75, 3.05) is 11.9 Å². The highest BCUT2D eigenvalue weighted by Crippen LogP contribution is 2.26. The number of amides is 1. The van der Waals surface area contributed by atoms with Crippen molar-refractivity contribution in [2.45, 2.75) is 32.2 Å². The first-order chi connectivity index (χ1) is 7.74. The van der Waals surface area contributed by atoms with E-state index in [1.165, 1.54) is 6.42 Å². The largest absolute Gasteiger partial charge is 0.335 e. The number of aryl methyl sites for hydroxylation is 1. The van der Waals surface area contributed by atoms with Crippen LogP contribution in [-0.4, -0.2) is 38.9 Å². The second kappa shape index (κ2) is 4.99. The van der Waals surface area contributed by atoms with Crippen molar-refractivity contribution >= 4 is 21.8 Å². The number of nitrogens with one attached hydrogen (secondary N) is 1. The lowest BCUT2D eigenvalue weighted by Gasteiger charge is -2.37. The monoisotopic (exact) mass is 285 g/mol. The molecule has 1 aliphatic rings. The van der Waals surface area contributed by atoms with Gasteiger partial charge in [0.05, 0.1) is 11.8 Å². The van der Waals surface area contributed by atoms with Crippen LogP contribution in [0.2, 0.25) is 0 Å². The van der Waals surface area contributed by atoms with Gasteiger partial charge in [0, 0.05) is 23.6 Å². The number of halogens is 1. The first-order valence-electron chi connectivity index (χ1n) is 5.61. The molecule has 0 atom stereocenters. The Balaban J connectivity index is 2.13. The number of H-pyrrole nitrogens is 1. The van der Waals surface area contributed by atoms with Crippen LogP contribution in [0.3, 0.4) is 0 Å². The van der Waals surface area contributed by atoms with Gasteiger partial charge in [-0.1, -0.05) is 15.9 Å². The van der Waals surface area contributed by atoms with Crippen LogP contribution in [0.1, 0.15) is 35.3 Å². The molecule has 2 rings (SSSR count). The van der Waals surface area contributed by atoms with Crippen LogP contribution in [0.15, 0.2) is 6.20 Å². The van der Waals surface area contributed by atoms with Gasteiger partial charge in [0.25, 0.3) is 5.91 Å². The van der Waals surface area contributed by atoms with E-state index in [0.717, 1.165) is 30.4 Å². The van der Waals surface area contributed by atoms with Gasteiger partial charge < -0.3 is 4.90 Å². The molecule has 16 heavy (non-hydrogen) atoms. The first kappa shape index (κ1) is 11.6. The van der Waals surface area contributed by atoms with E-state index >= 15 is 0 Å². The minimum atomic E-state index is 0.107. The SMILES string of the molecule is Cc1[nH]ncc1C(=O)N(CCBr)C1CCC1. The fraction of sp³-hybridized carbons (Fsp3) is 0.636. The maximum atomic E-state index is 12.3. The molecule has 0 aromatic carbocycles.